The van der Waals surface area contributed by atoms with E-state index in [1.54, 1.807) is 12.1 Å². The summed E-state index contributed by atoms with van der Waals surface area (Å²) in [6.07, 6.45) is -3.55. The van der Waals surface area contributed by atoms with E-state index in [2.05, 4.69) is 15.0 Å². The van der Waals surface area contributed by atoms with Gasteiger partial charge in [0.2, 0.25) is 0 Å². The highest BCUT2D eigenvalue weighted by atomic mass is 127. The summed E-state index contributed by atoms with van der Waals surface area (Å²) in [5, 5.41) is 2.94. The van der Waals surface area contributed by atoms with Crippen molar-refractivity contribution in [2.45, 2.75) is 26.1 Å². The summed E-state index contributed by atoms with van der Waals surface area (Å²) in [6, 6.07) is 6.33. The van der Waals surface area contributed by atoms with Crippen molar-refractivity contribution >= 4 is 29.9 Å². The number of guanidine groups is 1. The molecule has 1 aromatic rings. The Kier molecular flexibility index (Phi) is 11.6. The highest BCUT2D eigenvalue weighted by Crippen LogP contribution is 2.19. The van der Waals surface area contributed by atoms with Gasteiger partial charge in [-0.05, 0) is 31.0 Å². The molecular weight excluding hydrogens is 438 g/mol. The number of hydrogen-bond donors (Lipinski definition) is 2. The Hall–Kier alpha value is -1.23. The van der Waals surface area contributed by atoms with Gasteiger partial charge in [-0.15, -0.1) is 24.0 Å². The minimum atomic E-state index is -4.36. The van der Waals surface area contributed by atoms with Crippen LogP contribution in [0.2, 0.25) is 0 Å². The molecule has 9 heteroatoms. The van der Waals surface area contributed by atoms with Crippen LogP contribution in [0.3, 0.4) is 0 Å². The lowest BCUT2D eigenvalue weighted by molar-refractivity contribution is -0.153. The van der Waals surface area contributed by atoms with Gasteiger partial charge in [0.25, 0.3) is 0 Å². The highest BCUT2D eigenvalue weighted by Gasteiger charge is 2.28. The predicted octanol–water partition coefficient (Wildman–Crippen LogP) is 3.08. The Morgan fingerprint density at radius 2 is 2.08 bits per heavy atom. The molecule has 5 nitrogen and oxygen atoms in total. The van der Waals surface area contributed by atoms with Gasteiger partial charge < -0.3 is 20.5 Å². The van der Waals surface area contributed by atoms with E-state index in [0.29, 0.717) is 25.3 Å². The molecule has 0 atom stereocenters. The molecule has 0 aliphatic heterocycles. The van der Waals surface area contributed by atoms with Crippen LogP contribution in [0, 0.1) is 0 Å². The average Bonchev–Trinajstić information content (AvgIpc) is 2.50. The molecule has 0 heterocycles. The fourth-order valence-electron chi connectivity index (χ4n) is 1.67. The van der Waals surface area contributed by atoms with Gasteiger partial charge in [-0.3, -0.25) is 0 Å². The van der Waals surface area contributed by atoms with E-state index in [1.807, 2.05) is 6.92 Å². The Morgan fingerprint density at radius 3 is 2.75 bits per heavy atom. The van der Waals surface area contributed by atoms with Crippen molar-refractivity contribution in [1.29, 1.82) is 0 Å². The zero-order valence-electron chi connectivity index (χ0n) is 13.4. The zero-order valence-corrected chi connectivity index (χ0v) is 15.8. The van der Waals surface area contributed by atoms with Gasteiger partial charge in [0.15, 0.2) is 12.6 Å². The van der Waals surface area contributed by atoms with Gasteiger partial charge >= 0.3 is 6.18 Å². The second-order valence-corrected chi connectivity index (χ2v) is 4.73. The molecule has 0 bridgehead atoms. The van der Waals surface area contributed by atoms with Crippen molar-refractivity contribution < 1.29 is 22.6 Å². The van der Waals surface area contributed by atoms with Crippen LogP contribution < -0.4 is 15.8 Å². The summed E-state index contributed by atoms with van der Waals surface area (Å²) in [6.45, 7) is 2.84. The van der Waals surface area contributed by atoms with Crippen LogP contribution in [0.25, 0.3) is 0 Å². The van der Waals surface area contributed by atoms with Crippen LogP contribution in [-0.2, 0) is 11.3 Å². The molecule has 0 aliphatic carbocycles. The number of halogens is 4. The predicted molar refractivity (Wildman–Crippen MR) is 97.8 cm³/mol. The van der Waals surface area contributed by atoms with E-state index < -0.39 is 12.8 Å². The third-order valence-corrected chi connectivity index (χ3v) is 2.71. The molecule has 1 rings (SSSR count). The van der Waals surface area contributed by atoms with Gasteiger partial charge in [-0.2, -0.15) is 13.2 Å². The summed E-state index contributed by atoms with van der Waals surface area (Å²) in [4.78, 5) is 4.13. The fourth-order valence-corrected chi connectivity index (χ4v) is 1.67. The molecular formula is C15H23F3IN3O2. The van der Waals surface area contributed by atoms with Gasteiger partial charge in [0.05, 0.1) is 6.54 Å². The second-order valence-electron chi connectivity index (χ2n) is 4.73. The van der Waals surface area contributed by atoms with E-state index in [-0.39, 0.29) is 42.2 Å². The summed E-state index contributed by atoms with van der Waals surface area (Å²) >= 11 is 0. The van der Waals surface area contributed by atoms with E-state index in [9.17, 15) is 13.2 Å². The first-order valence-electron chi connectivity index (χ1n) is 7.30. The van der Waals surface area contributed by atoms with E-state index >= 15 is 0 Å². The monoisotopic (exact) mass is 461 g/mol. The lowest BCUT2D eigenvalue weighted by Gasteiger charge is -2.10. The first kappa shape index (κ1) is 22.8. The van der Waals surface area contributed by atoms with Gasteiger partial charge in [-0.25, -0.2) is 4.99 Å². The van der Waals surface area contributed by atoms with Crippen molar-refractivity contribution in [3.05, 3.63) is 29.8 Å². The lowest BCUT2D eigenvalue weighted by atomic mass is 10.2. The molecule has 24 heavy (non-hydrogen) atoms. The molecule has 0 aliphatic rings. The molecule has 0 fully saturated rings. The number of aliphatic imine (C=N–C) groups is 1. The second kappa shape index (κ2) is 12.2. The van der Waals surface area contributed by atoms with Gasteiger partial charge in [0.1, 0.15) is 5.75 Å². The van der Waals surface area contributed by atoms with Gasteiger partial charge in [-0.1, -0.05) is 12.1 Å². The maximum absolute atomic E-state index is 12.1. The van der Waals surface area contributed by atoms with Crippen molar-refractivity contribution in [2.24, 2.45) is 10.7 Å². The first-order valence-corrected chi connectivity index (χ1v) is 7.30. The summed E-state index contributed by atoms with van der Waals surface area (Å²) in [7, 11) is 0. The number of nitrogens with two attached hydrogens (primary N) is 1. The molecule has 3 N–H and O–H groups in total. The number of nitrogens with one attached hydrogen (secondary N) is 1. The Labute approximate surface area is 156 Å². The SMILES string of the molecule is CCOCCCNC(N)=NCc1cccc(OCC(F)(F)F)c1.I. The van der Waals surface area contributed by atoms with Crippen LogP contribution >= 0.6 is 24.0 Å². The van der Waals surface area contributed by atoms with Crippen LogP contribution in [0.15, 0.2) is 29.3 Å². The van der Waals surface area contributed by atoms with Crippen molar-refractivity contribution in [1.82, 2.24) is 5.32 Å². The quantitative estimate of drug-likeness (QED) is 0.257. The molecule has 0 unspecified atom stereocenters. The first-order chi connectivity index (χ1) is 10.9. The Morgan fingerprint density at radius 1 is 1.33 bits per heavy atom. The summed E-state index contributed by atoms with van der Waals surface area (Å²) < 4.78 is 46.2. The zero-order chi connectivity index (χ0) is 17.1. The smallest absolute Gasteiger partial charge is 0.422 e. The Balaban J connectivity index is 0.00000529. The van der Waals surface area contributed by atoms with E-state index in [1.165, 1.54) is 12.1 Å². The van der Waals surface area contributed by atoms with Crippen LogP contribution in [-0.4, -0.2) is 38.5 Å². The van der Waals surface area contributed by atoms with Gasteiger partial charge in [0, 0.05) is 19.8 Å². The molecule has 0 saturated heterocycles. The number of alkyl halides is 3. The maximum atomic E-state index is 12.1. The number of benzene rings is 1. The molecule has 0 aromatic heterocycles. The van der Waals surface area contributed by atoms with Crippen molar-refractivity contribution in [3.8, 4) is 5.75 Å². The van der Waals surface area contributed by atoms with Crippen LogP contribution in [0.5, 0.6) is 5.75 Å². The molecule has 0 spiro atoms. The standard InChI is InChI=1S/C15H22F3N3O2.HI/c1-2-22-8-4-7-20-14(19)21-10-12-5-3-6-13(9-12)23-11-15(16,17)18;/h3,5-6,9H,2,4,7-8,10-11H2,1H3,(H3,19,20,21);1H. The van der Waals surface area contributed by atoms with Crippen LogP contribution in [0.1, 0.15) is 18.9 Å². The molecule has 0 saturated carbocycles. The minimum Gasteiger partial charge on any atom is -0.484 e. The summed E-state index contributed by atoms with van der Waals surface area (Å²) in [5.74, 6) is 0.432. The van der Waals surface area contributed by atoms with E-state index in [0.717, 1.165) is 6.42 Å². The third kappa shape index (κ3) is 11.3. The number of ether oxygens (including phenoxy) is 2. The Bertz CT molecular complexity index is 499. The fraction of sp³-hybridized carbons (Fsp3) is 0.533. The van der Waals surface area contributed by atoms with Crippen LogP contribution in [0.4, 0.5) is 13.2 Å². The molecule has 0 radical (unpaired) electrons. The molecule has 0 amide bonds. The summed E-state index contributed by atoms with van der Waals surface area (Å²) in [5.41, 5.74) is 6.42. The van der Waals surface area contributed by atoms with E-state index in [4.69, 9.17) is 10.5 Å². The maximum Gasteiger partial charge on any atom is 0.422 e. The molecule has 1 aromatic carbocycles. The lowest BCUT2D eigenvalue weighted by Crippen LogP contribution is -2.32. The van der Waals surface area contributed by atoms with Crippen molar-refractivity contribution in [2.75, 3.05) is 26.4 Å². The minimum absolute atomic E-state index is 0. The average molecular weight is 461 g/mol. The topological polar surface area (TPSA) is 68.9 Å². The largest absolute Gasteiger partial charge is 0.484 e. The third-order valence-electron chi connectivity index (χ3n) is 2.71. The molecule has 138 valence electrons. The normalized spacial score (nSPS) is 11.8. The number of rotatable bonds is 9. The van der Waals surface area contributed by atoms with Crippen molar-refractivity contribution in [3.63, 3.8) is 0 Å². The highest BCUT2D eigenvalue weighted by molar-refractivity contribution is 14.0. The number of nitrogens with zero attached hydrogens (tertiary/aromatic N) is 1. The number of hydrogen-bond acceptors (Lipinski definition) is 3.